The summed E-state index contributed by atoms with van der Waals surface area (Å²) in [5.74, 6) is 1.08. The lowest BCUT2D eigenvalue weighted by atomic mass is 9.88. The fourth-order valence-electron chi connectivity index (χ4n) is 3.25. The number of hydrogen-bond donors (Lipinski definition) is 3. The molecule has 1 aromatic rings. The summed E-state index contributed by atoms with van der Waals surface area (Å²) >= 11 is 0. The van der Waals surface area contributed by atoms with Crippen molar-refractivity contribution in [2.75, 3.05) is 19.6 Å². The first-order valence-corrected chi connectivity index (χ1v) is 9.69. The Labute approximate surface area is 153 Å². The van der Waals surface area contributed by atoms with Crippen LogP contribution < -0.4 is 16.8 Å². The van der Waals surface area contributed by atoms with E-state index in [9.17, 15) is 0 Å². The summed E-state index contributed by atoms with van der Waals surface area (Å²) < 4.78 is 0. The van der Waals surface area contributed by atoms with Gasteiger partial charge in [0, 0.05) is 6.54 Å². The number of benzene rings is 1. The van der Waals surface area contributed by atoms with E-state index in [1.54, 1.807) is 0 Å². The molecule has 0 spiro atoms. The smallest absolute Gasteiger partial charge is 0.0539 e. The second-order valence-corrected chi connectivity index (χ2v) is 7.40. The van der Waals surface area contributed by atoms with Gasteiger partial charge in [-0.3, -0.25) is 0 Å². The highest BCUT2D eigenvalue weighted by molar-refractivity contribution is 5.35. The van der Waals surface area contributed by atoms with Crippen molar-refractivity contribution in [3.05, 3.63) is 58.7 Å². The predicted molar refractivity (Wildman–Crippen MR) is 108 cm³/mol. The van der Waals surface area contributed by atoms with Crippen molar-refractivity contribution in [2.45, 2.75) is 46.1 Å². The van der Waals surface area contributed by atoms with Crippen LogP contribution in [0.25, 0.3) is 0 Å². The van der Waals surface area contributed by atoms with E-state index >= 15 is 0 Å². The topological polar surface area (TPSA) is 64.1 Å². The third-order valence-electron chi connectivity index (χ3n) is 5.61. The molecule has 25 heavy (non-hydrogen) atoms. The number of hydrogen-bond acceptors (Lipinski definition) is 3. The number of aryl methyl sites for hydroxylation is 1. The zero-order chi connectivity index (χ0) is 18.2. The Bertz CT molecular complexity index is 586. The average molecular weight is 342 g/mol. The van der Waals surface area contributed by atoms with Crippen molar-refractivity contribution < 1.29 is 0 Å². The Morgan fingerprint density at radius 1 is 1.00 bits per heavy atom. The molecule has 3 unspecified atom stereocenters. The highest BCUT2D eigenvalue weighted by atomic mass is 14.9. The van der Waals surface area contributed by atoms with Gasteiger partial charge in [0.25, 0.3) is 0 Å². The van der Waals surface area contributed by atoms with Crippen LogP contribution in [-0.4, -0.2) is 19.6 Å². The molecule has 1 aromatic carbocycles. The molecule has 1 aliphatic rings. The van der Waals surface area contributed by atoms with Crippen molar-refractivity contribution in [2.24, 2.45) is 23.3 Å². The fraction of sp³-hybridized carbons (Fsp3) is 0.545. The zero-order valence-corrected chi connectivity index (χ0v) is 16.1. The highest BCUT2D eigenvalue weighted by Gasteiger charge is 2.20. The molecular formula is C22H35N3. The first-order valence-electron chi connectivity index (χ1n) is 9.69. The van der Waals surface area contributed by atoms with Crippen LogP contribution in [0.2, 0.25) is 0 Å². The van der Waals surface area contributed by atoms with E-state index in [1.165, 1.54) is 22.3 Å². The molecular weight excluding hydrogens is 306 g/mol. The van der Waals surface area contributed by atoms with Gasteiger partial charge >= 0.3 is 0 Å². The molecule has 0 radical (unpaired) electrons. The minimum atomic E-state index is 0.272. The molecule has 0 aliphatic heterocycles. The summed E-state index contributed by atoms with van der Waals surface area (Å²) in [7, 11) is 0. The van der Waals surface area contributed by atoms with E-state index in [2.05, 4.69) is 62.5 Å². The average Bonchev–Trinajstić information content (AvgIpc) is 2.68. The molecule has 0 saturated carbocycles. The Balaban J connectivity index is 2.19. The van der Waals surface area contributed by atoms with E-state index in [0.717, 1.165) is 32.4 Å². The van der Waals surface area contributed by atoms with Crippen molar-refractivity contribution >= 4 is 0 Å². The van der Waals surface area contributed by atoms with Gasteiger partial charge in [-0.05, 0) is 60.9 Å². The van der Waals surface area contributed by atoms with E-state index in [1.807, 2.05) is 0 Å². The molecule has 2 rings (SSSR count). The number of nitrogens with two attached hydrogens (primary N) is 2. The fourth-order valence-corrected chi connectivity index (χ4v) is 3.25. The van der Waals surface area contributed by atoms with E-state index in [-0.39, 0.29) is 6.04 Å². The molecule has 0 saturated heterocycles. The molecule has 1 aliphatic carbocycles. The first-order chi connectivity index (χ1) is 12.1. The summed E-state index contributed by atoms with van der Waals surface area (Å²) in [4.78, 5) is 0. The summed E-state index contributed by atoms with van der Waals surface area (Å²) in [5, 5.41) is 3.81. The minimum Gasteiger partial charge on any atom is -0.330 e. The third kappa shape index (κ3) is 5.53. The number of allylic oxidation sites excluding steroid dienone is 2. The third-order valence-corrected chi connectivity index (χ3v) is 5.61. The van der Waals surface area contributed by atoms with Crippen LogP contribution in [0.5, 0.6) is 0 Å². The first kappa shape index (κ1) is 19.9. The van der Waals surface area contributed by atoms with Gasteiger partial charge in [0.05, 0.1) is 6.04 Å². The Morgan fingerprint density at radius 2 is 1.72 bits per heavy atom. The minimum absolute atomic E-state index is 0.272. The Kier molecular flexibility index (Phi) is 7.89. The van der Waals surface area contributed by atoms with Crippen LogP contribution in [0.4, 0.5) is 0 Å². The maximum absolute atomic E-state index is 5.84. The van der Waals surface area contributed by atoms with Gasteiger partial charge in [0.15, 0.2) is 0 Å². The maximum atomic E-state index is 5.84. The van der Waals surface area contributed by atoms with Crippen LogP contribution in [0.15, 0.2) is 47.6 Å². The van der Waals surface area contributed by atoms with Gasteiger partial charge in [-0.1, -0.05) is 62.8 Å². The predicted octanol–water partition coefficient (Wildman–Crippen LogP) is 3.72. The zero-order valence-electron chi connectivity index (χ0n) is 16.1. The molecule has 0 fully saturated rings. The second-order valence-electron chi connectivity index (χ2n) is 7.40. The van der Waals surface area contributed by atoms with E-state index < -0.39 is 0 Å². The van der Waals surface area contributed by atoms with Crippen LogP contribution in [0, 0.1) is 11.8 Å². The maximum Gasteiger partial charge on any atom is 0.0539 e. The number of rotatable bonds is 9. The molecule has 3 atom stereocenters. The Hall–Kier alpha value is -1.42. The summed E-state index contributed by atoms with van der Waals surface area (Å²) in [5.41, 5.74) is 17.2. The van der Waals surface area contributed by atoms with Crippen LogP contribution >= 0.6 is 0 Å². The van der Waals surface area contributed by atoms with Crippen LogP contribution in [-0.2, 0) is 6.42 Å². The van der Waals surface area contributed by atoms with Crippen LogP contribution in [0.1, 0.15) is 50.8 Å². The molecule has 0 aromatic heterocycles. The van der Waals surface area contributed by atoms with Crippen LogP contribution in [0.3, 0.4) is 0 Å². The van der Waals surface area contributed by atoms with Gasteiger partial charge in [0.2, 0.25) is 0 Å². The largest absolute Gasteiger partial charge is 0.330 e. The van der Waals surface area contributed by atoms with Gasteiger partial charge in [0.1, 0.15) is 0 Å². The lowest BCUT2D eigenvalue weighted by Gasteiger charge is -2.28. The summed E-state index contributed by atoms with van der Waals surface area (Å²) in [6, 6.07) is 9.32. The molecule has 138 valence electrons. The quantitative estimate of drug-likeness (QED) is 0.641. The second kappa shape index (κ2) is 9.91. The van der Waals surface area contributed by atoms with Crippen molar-refractivity contribution in [3.63, 3.8) is 0 Å². The van der Waals surface area contributed by atoms with Gasteiger partial charge in [-0.2, -0.15) is 0 Å². The molecule has 0 amide bonds. The van der Waals surface area contributed by atoms with Crippen molar-refractivity contribution in [1.82, 2.24) is 5.32 Å². The standard InChI is InChI=1S/C22H35N3/c1-4-18-5-9-20(10-6-18)22(25-15-17(3)16(2)13-23)21-11-7-19(14-24)8-12-21/h5-7,9-11,16-17,22,25H,4,8,12-15,23-24H2,1-3H3. The lowest BCUT2D eigenvalue weighted by Crippen LogP contribution is -2.32. The van der Waals surface area contributed by atoms with Gasteiger partial charge in [-0.15, -0.1) is 0 Å². The van der Waals surface area contributed by atoms with E-state index in [0.29, 0.717) is 18.4 Å². The van der Waals surface area contributed by atoms with Crippen molar-refractivity contribution in [1.29, 1.82) is 0 Å². The number of nitrogens with one attached hydrogen (secondary N) is 1. The van der Waals surface area contributed by atoms with E-state index in [4.69, 9.17) is 11.5 Å². The van der Waals surface area contributed by atoms with Gasteiger partial charge < -0.3 is 16.8 Å². The SMILES string of the molecule is CCc1ccc(C(NCC(C)C(C)CN)C2=CC=C(CN)CC2)cc1. The normalized spacial score (nSPS) is 18.3. The summed E-state index contributed by atoms with van der Waals surface area (Å²) in [6.07, 6.45) is 7.71. The monoisotopic (exact) mass is 341 g/mol. The molecule has 3 heteroatoms. The highest BCUT2D eigenvalue weighted by Crippen LogP contribution is 2.30. The molecule has 5 N–H and O–H groups in total. The van der Waals surface area contributed by atoms with Gasteiger partial charge in [-0.25, -0.2) is 0 Å². The molecule has 3 nitrogen and oxygen atoms in total. The lowest BCUT2D eigenvalue weighted by molar-refractivity contribution is 0.361. The Morgan fingerprint density at radius 3 is 2.24 bits per heavy atom. The van der Waals surface area contributed by atoms with Crippen molar-refractivity contribution in [3.8, 4) is 0 Å². The molecule has 0 heterocycles. The summed E-state index contributed by atoms with van der Waals surface area (Å²) in [6.45, 7) is 9.09. The molecule has 0 bridgehead atoms.